The van der Waals surface area contributed by atoms with Gasteiger partial charge in [0.2, 0.25) is 0 Å². The highest BCUT2D eigenvalue weighted by atomic mass is 32.2. The van der Waals surface area contributed by atoms with Gasteiger partial charge in [0.1, 0.15) is 0 Å². The van der Waals surface area contributed by atoms with Crippen LogP contribution in [0.1, 0.15) is 49.4 Å². The Balaban J connectivity index is 0.00000353. The van der Waals surface area contributed by atoms with Crippen molar-refractivity contribution in [2.45, 2.75) is 45.6 Å². The largest absolute Gasteiger partial charge is 0.494 e. The van der Waals surface area contributed by atoms with Crippen molar-refractivity contribution in [2.24, 2.45) is 4.99 Å². The monoisotopic (exact) mass is 548 g/mol. The van der Waals surface area contributed by atoms with E-state index in [2.05, 4.69) is 26.9 Å². The summed E-state index contributed by atoms with van der Waals surface area (Å²) in [6, 6.07) is 20.9. The van der Waals surface area contributed by atoms with E-state index in [4.69, 9.17) is 9.83 Å². The maximum absolute atomic E-state index is 12.9. The number of H-pyrrole nitrogens is 1. The van der Waals surface area contributed by atoms with E-state index in [0.717, 1.165) is 30.9 Å². The number of sulfonamides is 1. The predicted octanol–water partition coefficient (Wildman–Crippen LogP) is 5.81. The minimum Gasteiger partial charge on any atom is -0.494 e. The summed E-state index contributed by atoms with van der Waals surface area (Å²) in [7, 11) is -3.93. The Hall–Kier alpha value is -3.50. The maximum Gasteiger partial charge on any atom is 0.262 e. The van der Waals surface area contributed by atoms with Crippen molar-refractivity contribution < 1.29 is 18.4 Å². The van der Waals surface area contributed by atoms with Crippen LogP contribution in [-0.4, -0.2) is 48.8 Å². The topological polar surface area (TPSA) is 107 Å². The Bertz CT molecular complexity index is 1560. The molecule has 0 amide bonds. The van der Waals surface area contributed by atoms with Crippen LogP contribution in [0.2, 0.25) is 0 Å². The molecule has 3 aromatic carbocycles. The molecule has 3 N–H and O–H groups in total. The average molecular weight is 549 g/mol. The second kappa shape index (κ2) is 12.1. The van der Waals surface area contributed by atoms with Crippen molar-refractivity contribution in [3.8, 4) is 5.88 Å². The van der Waals surface area contributed by atoms with E-state index in [1.165, 1.54) is 18.4 Å². The lowest BCUT2D eigenvalue weighted by molar-refractivity contribution is 0.105. The lowest BCUT2D eigenvalue weighted by Crippen LogP contribution is -2.24. The van der Waals surface area contributed by atoms with Gasteiger partial charge in [0.15, 0.2) is 5.88 Å². The fraction of sp³-hybridized carbons (Fsp3) is 0.300. The molecule has 1 saturated heterocycles. The van der Waals surface area contributed by atoms with E-state index in [-0.39, 0.29) is 24.8 Å². The van der Waals surface area contributed by atoms with Gasteiger partial charge in [-0.1, -0.05) is 54.8 Å². The summed E-state index contributed by atoms with van der Waals surface area (Å²) in [5.74, 6) is -0.0834. The van der Waals surface area contributed by atoms with Crippen molar-refractivity contribution >= 4 is 32.3 Å². The van der Waals surface area contributed by atoms with Crippen LogP contribution >= 0.6 is 0 Å². The molecule has 206 valence electrons. The number of aliphatic imine (C=N–C) groups is 1. The molecular weight excluding hydrogens is 512 g/mol. The number of fused-ring (bicyclic) bond motifs is 1. The summed E-state index contributed by atoms with van der Waals surface area (Å²) < 4.78 is 25.8. The second-order valence-corrected chi connectivity index (χ2v) is 11.1. The number of nitrogens with one attached hydrogen (secondary N) is 2. The Labute approximate surface area is 230 Å². The minimum atomic E-state index is -3.93. The maximum atomic E-state index is 12.9. The number of nitrogens with zero attached hydrogens (tertiary/aromatic N) is 2. The van der Waals surface area contributed by atoms with Gasteiger partial charge in [0.25, 0.3) is 10.0 Å². The lowest BCUT2D eigenvalue weighted by Gasteiger charge is -2.14. The molecule has 0 spiro atoms. The van der Waals surface area contributed by atoms with Crippen molar-refractivity contribution in [1.29, 1.82) is 0 Å². The molecule has 0 aliphatic carbocycles. The summed E-state index contributed by atoms with van der Waals surface area (Å²) in [5, 5.41) is 11.6. The van der Waals surface area contributed by atoms with E-state index in [1.54, 1.807) is 26.0 Å². The quantitative estimate of drug-likeness (QED) is 0.181. The zero-order valence-electron chi connectivity index (χ0n) is 21.6. The van der Waals surface area contributed by atoms with Crippen molar-refractivity contribution in [3.63, 3.8) is 0 Å². The molecule has 8 nitrogen and oxygen atoms in total. The molecule has 0 radical (unpaired) electrons. The molecule has 0 saturated carbocycles. The van der Waals surface area contributed by atoms with Crippen molar-refractivity contribution in [1.82, 2.24) is 14.8 Å². The number of aryl methyl sites for hydroxylation is 1. The zero-order valence-corrected chi connectivity index (χ0v) is 22.4. The average Bonchev–Trinajstić information content (AvgIpc) is 3.53. The molecule has 5 rings (SSSR count). The third-order valence-corrected chi connectivity index (χ3v) is 8.10. The van der Waals surface area contributed by atoms with Crippen LogP contribution in [0.3, 0.4) is 0 Å². The fourth-order valence-electron chi connectivity index (χ4n) is 4.89. The minimum absolute atomic E-state index is 0. The summed E-state index contributed by atoms with van der Waals surface area (Å²) >= 11 is 0. The smallest absolute Gasteiger partial charge is 0.262 e. The number of benzene rings is 3. The molecule has 4 aromatic rings. The number of hydrogen-bond acceptors (Lipinski definition) is 6. The molecule has 1 aromatic heterocycles. The van der Waals surface area contributed by atoms with Crippen molar-refractivity contribution in [2.75, 3.05) is 19.7 Å². The third-order valence-electron chi connectivity index (χ3n) is 6.74. The Morgan fingerprint density at radius 1 is 1.08 bits per heavy atom. The van der Waals surface area contributed by atoms with Crippen LogP contribution < -0.4 is 4.89 Å². The molecule has 1 aliphatic rings. The third kappa shape index (κ3) is 6.23. The van der Waals surface area contributed by atoms with Gasteiger partial charge in [-0.2, -0.15) is 0 Å². The number of aromatic hydroxyl groups is 1. The highest BCUT2D eigenvalue weighted by Gasteiger charge is 2.24. The van der Waals surface area contributed by atoms with Gasteiger partial charge >= 0.3 is 0 Å². The highest BCUT2D eigenvalue weighted by molar-refractivity contribution is 7.89. The van der Waals surface area contributed by atoms with E-state index >= 15 is 0 Å². The molecule has 1 fully saturated rings. The zero-order chi connectivity index (χ0) is 26.7. The molecule has 39 heavy (non-hydrogen) atoms. The molecular formula is C30H36N4O4S. The Morgan fingerprint density at radius 3 is 2.44 bits per heavy atom. The lowest BCUT2D eigenvalue weighted by atomic mass is 10.00. The van der Waals surface area contributed by atoms with Crippen molar-refractivity contribution in [3.05, 3.63) is 89.0 Å². The number of likely N-dealkylation sites (tertiary alicyclic amines) is 1. The highest BCUT2D eigenvalue weighted by Crippen LogP contribution is 2.34. The SMILES string of the molecule is C.CCONS(=O)(=O)c1cc2c(C(=Nc3ccc(CN4CCCC4)cc3)c3ccccc3)c(O)[nH]c2cc1C. The van der Waals surface area contributed by atoms with E-state index in [1.807, 2.05) is 42.5 Å². The summed E-state index contributed by atoms with van der Waals surface area (Å²) in [6.07, 6.45) is 2.50. The van der Waals surface area contributed by atoms with E-state index in [9.17, 15) is 13.5 Å². The Kier molecular flexibility index (Phi) is 8.87. The summed E-state index contributed by atoms with van der Waals surface area (Å²) in [4.78, 5) is 17.6. The van der Waals surface area contributed by atoms with Gasteiger partial charge in [-0.05, 0) is 75.2 Å². The van der Waals surface area contributed by atoms with Crippen LogP contribution in [0.15, 0.2) is 76.6 Å². The molecule has 0 unspecified atom stereocenters. The van der Waals surface area contributed by atoms with Gasteiger partial charge < -0.3 is 10.1 Å². The van der Waals surface area contributed by atoms with Crippen LogP contribution in [0.5, 0.6) is 5.88 Å². The summed E-state index contributed by atoms with van der Waals surface area (Å²) in [6.45, 7) is 6.78. The molecule has 9 heteroatoms. The van der Waals surface area contributed by atoms with E-state index in [0.29, 0.717) is 27.7 Å². The van der Waals surface area contributed by atoms with Gasteiger partial charge in [-0.3, -0.25) is 9.74 Å². The second-order valence-electron chi connectivity index (χ2n) is 9.51. The van der Waals surface area contributed by atoms with Crippen LogP contribution in [0, 0.1) is 6.92 Å². The molecule has 2 heterocycles. The van der Waals surface area contributed by atoms with Crippen LogP contribution in [0.25, 0.3) is 10.9 Å². The van der Waals surface area contributed by atoms with Gasteiger partial charge in [0.05, 0.1) is 28.5 Å². The first kappa shape index (κ1) is 28.5. The molecule has 1 aliphatic heterocycles. The Morgan fingerprint density at radius 2 is 1.77 bits per heavy atom. The first-order chi connectivity index (χ1) is 18.4. The van der Waals surface area contributed by atoms with Crippen LogP contribution in [-0.2, 0) is 21.4 Å². The van der Waals surface area contributed by atoms with Gasteiger partial charge in [0, 0.05) is 23.0 Å². The summed E-state index contributed by atoms with van der Waals surface area (Å²) in [5.41, 5.74) is 4.85. The predicted molar refractivity (Wildman–Crippen MR) is 156 cm³/mol. The number of aromatic nitrogens is 1. The van der Waals surface area contributed by atoms with Gasteiger partial charge in [-0.15, -0.1) is 0 Å². The van der Waals surface area contributed by atoms with Gasteiger partial charge in [-0.25, -0.2) is 13.4 Å². The normalized spacial score (nSPS) is 14.6. The number of rotatable bonds is 9. The number of hydrogen-bond donors (Lipinski definition) is 3. The molecule has 0 atom stereocenters. The molecule has 0 bridgehead atoms. The first-order valence-corrected chi connectivity index (χ1v) is 14.3. The fourth-order valence-corrected chi connectivity index (χ4v) is 6.01. The first-order valence-electron chi connectivity index (χ1n) is 12.8. The van der Waals surface area contributed by atoms with E-state index < -0.39 is 10.0 Å². The number of aromatic amines is 1. The van der Waals surface area contributed by atoms with Crippen LogP contribution in [0.4, 0.5) is 5.69 Å². The standard InChI is InChI=1S/C29H32N4O4S.CH4/c1-3-37-32-38(35,36)26-18-24-25(17-20(26)2)31-29(34)27(24)28(22-9-5-4-6-10-22)30-23-13-11-21(12-14-23)19-33-15-7-8-16-33;/h4-6,9-14,17-18,31-32,34H,3,7-8,15-16,19H2,1-2H3;1H4.